The van der Waals surface area contributed by atoms with Gasteiger partial charge in [0.2, 0.25) is 5.91 Å². The van der Waals surface area contributed by atoms with E-state index in [4.69, 9.17) is 11.6 Å². The predicted octanol–water partition coefficient (Wildman–Crippen LogP) is 5.44. The minimum absolute atomic E-state index is 0.121. The number of amides is 1. The van der Waals surface area contributed by atoms with Gasteiger partial charge in [-0.3, -0.25) is 9.36 Å². The van der Waals surface area contributed by atoms with Gasteiger partial charge in [-0.05, 0) is 35.2 Å². The zero-order valence-corrected chi connectivity index (χ0v) is 17.7. The molecule has 0 atom stereocenters. The molecule has 0 radical (unpaired) electrons. The molecule has 8 heteroatoms. The van der Waals surface area contributed by atoms with Crippen LogP contribution in [-0.4, -0.2) is 26.4 Å². The molecule has 0 spiro atoms. The topological polar surface area (TPSA) is 59.8 Å². The van der Waals surface area contributed by atoms with Crippen molar-refractivity contribution in [1.29, 1.82) is 0 Å². The number of benzene rings is 2. The van der Waals surface area contributed by atoms with E-state index >= 15 is 0 Å². The average Bonchev–Trinajstić information content (AvgIpc) is 3.37. The van der Waals surface area contributed by atoms with E-state index < -0.39 is 0 Å². The van der Waals surface area contributed by atoms with Gasteiger partial charge >= 0.3 is 0 Å². The van der Waals surface area contributed by atoms with Crippen LogP contribution in [0.5, 0.6) is 0 Å². The van der Waals surface area contributed by atoms with Crippen LogP contribution in [0.15, 0.2) is 77.3 Å². The molecule has 146 valence electrons. The van der Waals surface area contributed by atoms with Gasteiger partial charge in [0.05, 0.1) is 17.2 Å². The Morgan fingerprint density at radius 3 is 2.69 bits per heavy atom. The normalized spacial score (nSPS) is 10.8. The van der Waals surface area contributed by atoms with Crippen LogP contribution in [0.2, 0.25) is 5.02 Å². The molecule has 29 heavy (non-hydrogen) atoms. The summed E-state index contributed by atoms with van der Waals surface area (Å²) in [5.74, 6) is 0.912. The highest BCUT2D eigenvalue weighted by Gasteiger charge is 2.17. The Hall–Kier alpha value is -2.61. The summed E-state index contributed by atoms with van der Waals surface area (Å²) in [5, 5.41) is 14.9. The first-order chi connectivity index (χ1) is 14.2. The summed E-state index contributed by atoms with van der Waals surface area (Å²) in [6.45, 7) is 0.638. The lowest BCUT2D eigenvalue weighted by Gasteiger charge is -2.10. The second kappa shape index (κ2) is 9.26. The highest BCUT2D eigenvalue weighted by Crippen LogP contribution is 2.28. The van der Waals surface area contributed by atoms with E-state index in [1.807, 2.05) is 35.7 Å². The zero-order valence-electron chi connectivity index (χ0n) is 15.3. The number of carbonyl (C=O) groups excluding carboxylic acids is 1. The summed E-state index contributed by atoms with van der Waals surface area (Å²) >= 11 is 8.96. The number of thioether (sulfide) groups is 1. The van der Waals surface area contributed by atoms with Gasteiger partial charge in [0.15, 0.2) is 11.0 Å². The van der Waals surface area contributed by atoms with Crippen molar-refractivity contribution in [2.24, 2.45) is 0 Å². The number of anilines is 1. The van der Waals surface area contributed by atoms with E-state index in [0.29, 0.717) is 22.4 Å². The first-order valence-corrected chi connectivity index (χ1v) is 11.1. The number of thiophene rings is 1. The second-order valence-corrected chi connectivity index (χ2v) is 8.53. The molecule has 2 heterocycles. The number of nitrogens with one attached hydrogen (secondary N) is 1. The quantitative estimate of drug-likeness (QED) is 0.389. The number of rotatable bonds is 7. The lowest BCUT2D eigenvalue weighted by Crippen LogP contribution is -2.14. The summed E-state index contributed by atoms with van der Waals surface area (Å²) in [7, 11) is 0. The first kappa shape index (κ1) is 19.7. The molecule has 0 unspecified atom stereocenters. The molecule has 0 aliphatic rings. The molecule has 0 bridgehead atoms. The van der Waals surface area contributed by atoms with Crippen molar-refractivity contribution < 1.29 is 4.79 Å². The van der Waals surface area contributed by atoms with Crippen molar-refractivity contribution in [3.05, 3.63) is 82.7 Å². The van der Waals surface area contributed by atoms with Gasteiger partial charge in [-0.2, -0.15) is 0 Å². The van der Waals surface area contributed by atoms with E-state index in [0.717, 1.165) is 16.3 Å². The molecule has 2 aromatic carbocycles. The van der Waals surface area contributed by atoms with Crippen LogP contribution in [-0.2, 0) is 11.3 Å². The molecule has 4 rings (SSSR count). The summed E-state index contributed by atoms with van der Waals surface area (Å²) in [5.41, 5.74) is 1.82. The first-order valence-electron chi connectivity index (χ1n) is 8.88. The van der Waals surface area contributed by atoms with E-state index in [2.05, 4.69) is 32.2 Å². The number of carbonyl (C=O) groups is 1. The maximum Gasteiger partial charge on any atom is 0.234 e. The minimum Gasteiger partial charge on any atom is -0.325 e. The minimum atomic E-state index is -0.121. The Morgan fingerprint density at radius 2 is 1.93 bits per heavy atom. The van der Waals surface area contributed by atoms with Crippen LogP contribution in [0.3, 0.4) is 0 Å². The summed E-state index contributed by atoms with van der Waals surface area (Å²) in [6, 6.07) is 21.3. The monoisotopic (exact) mass is 440 g/mol. The van der Waals surface area contributed by atoms with Crippen molar-refractivity contribution in [3.8, 4) is 10.7 Å². The van der Waals surface area contributed by atoms with Crippen molar-refractivity contribution in [1.82, 2.24) is 14.8 Å². The Morgan fingerprint density at radius 1 is 1.07 bits per heavy atom. The van der Waals surface area contributed by atoms with Crippen LogP contribution in [0.4, 0.5) is 5.69 Å². The van der Waals surface area contributed by atoms with Gasteiger partial charge in [-0.25, -0.2) is 0 Å². The maximum absolute atomic E-state index is 12.4. The fraction of sp³-hybridized carbons (Fsp3) is 0.0952. The fourth-order valence-electron chi connectivity index (χ4n) is 2.79. The summed E-state index contributed by atoms with van der Waals surface area (Å²) < 4.78 is 2.05. The highest BCUT2D eigenvalue weighted by atomic mass is 35.5. The smallest absolute Gasteiger partial charge is 0.234 e. The molecule has 5 nitrogen and oxygen atoms in total. The molecule has 1 amide bonds. The molecule has 4 aromatic rings. The van der Waals surface area contributed by atoms with Crippen LogP contribution >= 0.6 is 34.7 Å². The van der Waals surface area contributed by atoms with E-state index in [1.54, 1.807) is 35.6 Å². The van der Waals surface area contributed by atoms with Gasteiger partial charge in [0.25, 0.3) is 0 Å². The van der Waals surface area contributed by atoms with Crippen LogP contribution in [0.1, 0.15) is 5.56 Å². The lowest BCUT2D eigenvalue weighted by molar-refractivity contribution is -0.113. The van der Waals surface area contributed by atoms with Gasteiger partial charge in [-0.15, -0.1) is 21.5 Å². The number of aromatic nitrogens is 3. The third-order valence-electron chi connectivity index (χ3n) is 4.08. The fourth-order valence-corrected chi connectivity index (χ4v) is 4.43. The molecular formula is C21H17ClN4OS2. The summed E-state index contributed by atoms with van der Waals surface area (Å²) in [4.78, 5) is 13.4. The number of nitrogens with zero attached hydrogens (tertiary/aromatic N) is 3. The van der Waals surface area contributed by atoms with E-state index in [1.165, 1.54) is 11.8 Å². The third-order valence-corrected chi connectivity index (χ3v) is 6.15. The molecule has 0 aliphatic carbocycles. The zero-order chi connectivity index (χ0) is 20.1. The summed E-state index contributed by atoms with van der Waals surface area (Å²) in [6.07, 6.45) is 0. The standard InChI is InChI=1S/C21H17ClN4OS2/c22-16-8-4-9-17(12-16)23-19(27)14-29-21-25-24-20(18-10-5-11-28-18)26(21)13-15-6-2-1-3-7-15/h1-12H,13-14H2,(H,23,27). The number of hydrogen-bond acceptors (Lipinski definition) is 5. The SMILES string of the molecule is O=C(CSc1nnc(-c2cccs2)n1Cc1ccccc1)Nc1cccc(Cl)c1. The third kappa shape index (κ3) is 5.06. The molecule has 0 saturated heterocycles. The van der Waals surface area contributed by atoms with Gasteiger partial charge < -0.3 is 5.32 Å². The highest BCUT2D eigenvalue weighted by molar-refractivity contribution is 7.99. The van der Waals surface area contributed by atoms with Gasteiger partial charge in [0.1, 0.15) is 0 Å². The number of halogens is 1. The molecule has 0 fully saturated rings. The van der Waals surface area contributed by atoms with Gasteiger partial charge in [0, 0.05) is 10.7 Å². The van der Waals surface area contributed by atoms with Crippen molar-refractivity contribution in [2.45, 2.75) is 11.7 Å². The van der Waals surface area contributed by atoms with Crippen molar-refractivity contribution in [2.75, 3.05) is 11.1 Å². The molecule has 0 saturated carbocycles. The Labute approximate surface area is 181 Å². The van der Waals surface area contributed by atoms with E-state index in [9.17, 15) is 4.79 Å². The Kier molecular flexibility index (Phi) is 6.29. The Bertz CT molecular complexity index is 1100. The van der Waals surface area contributed by atoms with Crippen LogP contribution in [0.25, 0.3) is 10.7 Å². The van der Waals surface area contributed by atoms with Crippen molar-refractivity contribution in [3.63, 3.8) is 0 Å². The maximum atomic E-state index is 12.4. The average molecular weight is 441 g/mol. The number of hydrogen-bond donors (Lipinski definition) is 1. The van der Waals surface area contributed by atoms with Gasteiger partial charge in [-0.1, -0.05) is 65.8 Å². The molecule has 2 aromatic heterocycles. The Balaban J connectivity index is 1.51. The van der Waals surface area contributed by atoms with Crippen LogP contribution < -0.4 is 5.32 Å². The molecule has 0 aliphatic heterocycles. The van der Waals surface area contributed by atoms with Crippen LogP contribution in [0, 0.1) is 0 Å². The lowest BCUT2D eigenvalue weighted by atomic mass is 10.2. The second-order valence-electron chi connectivity index (χ2n) is 6.20. The van der Waals surface area contributed by atoms with E-state index in [-0.39, 0.29) is 11.7 Å². The largest absolute Gasteiger partial charge is 0.325 e. The molecule has 1 N–H and O–H groups in total. The molecular weight excluding hydrogens is 424 g/mol. The predicted molar refractivity (Wildman–Crippen MR) is 120 cm³/mol. The van der Waals surface area contributed by atoms with Crippen molar-refractivity contribution >= 4 is 46.3 Å².